The summed E-state index contributed by atoms with van der Waals surface area (Å²) >= 11 is 0. The van der Waals surface area contributed by atoms with Gasteiger partial charge in [-0.25, -0.2) is 4.79 Å². The van der Waals surface area contributed by atoms with Gasteiger partial charge in [0.25, 0.3) is 11.6 Å². The van der Waals surface area contributed by atoms with E-state index in [1.54, 1.807) is 57.2 Å². The lowest BCUT2D eigenvalue weighted by molar-refractivity contribution is -0.384. The van der Waals surface area contributed by atoms with Crippen LogP contribution in [0.15, 0.2) is 53.1 Å². The summed E-state index contributed by atoms with van der Waals surface area (Å²) in [7, 11) is 0. The van der Waals surface area contributed by atoms with Gasteiger partial charge in [-0.1, -0.05) is 41.6 Å². The first-order chi connectivity index (χ1) is 14.3. The van der Waals surface area contributed by atoms with E-state index in [-0.39, 0.29) is 22.7 Å². The van der Waals surface area contributed by atoms with Crippen molar-refractivity contribution in [1.82, 2.24) is 5.16 Å². The van der Waals surface area contributed by atoms with Crippen molar-refractivity contribution in [3.63, 3.8) is 0 Å². The van der Waals surface area contributed by atoms with Gasteiger partial charge in [-0.05, 0) is 32.4 Å². The molecule has 9 heteroatoms. The Morgan fingerprint density at radius 1 is 1.13 bits per heavy atom. The fourth-order valence-electron chi connectivity index (χ4n) is 2.94. The van der Waals surface area contributed by atoms with E-state index in [2.05, 4.69) is 10.5 Å². The van der Waals surface area contributed by atoms with E-state index in [1.165, 1.54) is 12.1 Å². The number of hydrogen-bond donors (Lipinski definition) is 1. The van der Waals surface area contributed by atoms with Crippen LogP contribution in [-0.2, 0) is 9.53 Å². The monoisotopic (exact) mass is 409 g/mol. The minimum atomic E-state index is -1.34. The molecular formula is C21H19N3O6. The molecule has 30 heavy (non-hydrogen) atoms. The summed E-state index contributed by atoms with van der Waals surface area (Å²) < 4.78 is 10.5. The molecule has 0 aliphatic rings. The molecular weight excluding hydrogens is 390 g/mol. The van der Waals surface area contributed by atoms with Crippen LogP contribution in [0.2, 0.25) is 0 Å². The second-order valence-corrected chi connectivity index (χ2v) is 6.66. The molecule has 0 saturated carbocycles. The summed E-state index contributed by atoms with van der Waals surface area (Å²) in [5, 5.41) is 17.6. The third kappa shape index (κ3) is 4.35. The molecule has 0 bridgehead atoms. The third-order valence-electron chi connectivity index (χ3n) is 4.41. The summed E-state index contributed by atoms with van der Waals surface area (Å²) in [4.78, 5) is 36.5. The lowest BCUT2D eigenvalue weighted by Crippen LogP contribution is -2.26. The zero-order chi connectivity index (χ0) is 21.8. The minimum Gasteiger partial charge on any atom is -0.444 e. The molecule has 154 valence electrons. The van der Waals surface area contributed by atoms with Gasteiger partial charge in [0.1, 0.15) is 17.0 Å². The molecule has 1 atom stereocenters. The summed E-state index contributed by atoms with van der Waals surface area (Å²) in [5.41, 5.74) is 1.29. The van der Waals surface area contributed by atoms with Crippen molar-refractivity contribution in [2.45, 2.75) is 26.9 Å². The second kappa shape index (κ2) is 8.56. The Morgan fingerprint density at radius 3 is 2.43 bits per heavy atom. The summed E-state index contributed by atoms with van der Waals surface area (Å²) in [5.74, 6) is -1.25. The first-order valence-corrected chi connectivity index (χ1v) is 9.02. The Balaban J connectivity index is 1.93. The fraction of sp³-hybridized carbons (Fsp3) is 0.190. The van der Waals surface area contributed by atoms with Crippen molar-refractivity contribution in [1.29, 1.82) is 0 Å². The van der Waals surface area contributed by atoms with Gasteiger partial charge in [0.2, 0.25) is 6.10 Å². The van der Waals surface area contributed by atoms with Gasteiger partial charge >= 0.3 is 5.97 Å². The Kier molecular flexibility index (Phi) is 5.91. The Labute approximate surface area is 171 Å². The number of nitro benzene ring substituents is 1. The van der Waals surface area contributed by atoms with Crippen LogP contribution in [0.3, 0.4) is 0 Å². The van der Waals surface area contributed by atoms with Gasteiger partial charge in [0.15, 0.2) is 0 Å². The maximum Gasteiger partial charge on any atom is 0.344 e. The Bertz CT molecular complexity index is 1090. The molecule has 2 aromatic carbocycles. The van der Waals surface area contributed by atoms with Crippen molar-refractivity contribution >= 4 is 23.3 Å². The highest BCUT2D eigenvalue weighted by atomic mass is 16.6. The highest BCUT2D eigenvalue weighted by Crippen LogP contribution is 2.28. The summed E-state index contributed by atoms with van der Waals surface area (Å²) in [6.07, 6.45) is -1.34. The van der Waals surface area contributed by atoms with Gasteiger partial charge in [0.05, 0.1) is 10.6 Å². The third-order valence-corrected chi connectivity index (χ3v) is 4.41. The first-order valence-electron chi connectivity index (χ1n) is 9.02. The number of carbonyl (C=O) groups is 2. The molecule has 0 unspecified atom stereocenters. The molecule has 1 heterocycles. The number of anilines is 1. The SMILES string of the molecule is Cc1ccc(NC(=O)[C@@H](OC(=O)c2c(C)noc2C)c2ccccc2)c([N+](=O)[O-])c1. The van der Waals surface area contributed by atoms with E-state index in [0.29, 0.717) is 16.8 Å². The lowest BCUT2D eigenvalue weighted by Gasteiger charge is -2.18. The first kappa shape index (κ1) is 20.7. The highest BCUT2D eigenvalue weighted by molar-refractivity contribution is 5.99. The smallest absolute Gasteiger partial charge is 0.344 e. The topological polar surface area (TPSA) is 125 Å². The molecule has 1 amide bonds. The molecule has 0 radical (unpaired) electrons. The van der Waals surface area contributed by atoms with Crippen LogP contribution in [0.1, 0.15) is 39.0 Å². The summed E-state index contributed by atoms with van der Waals surface area (Å²) in [6.45, 7) is 4.85. The van der Waals surface area contributed by atoms with Gasteiger partial charge in [-0.3, -0.25) is 14.9 Å². The van der Waals surface area contributed by atoms with E-state index < -0.39 is 22.9 Å². The van der Waals surface area contributed by atoms with E-state index in [4.69, 9.17) is 9.26 Å². The molecule has 0 aliphatic carbocycles. The predicted octanol–water partition coefficient (Wildman–Crippen LogP) is 4.04. The number of nitrogens with zero attached hydrogens (tertiary/aromatic N) is 2. The molecule has 0 saturated heterocycles. The number of rotatable bonds is 6. The largest absolute Gasteiger partial charge is 0.444 e. The number of nitro groups is 1. The molecule has 0 fully saturated rings. The normalized spacial score (nSPS) is 11.6. The minimum absolute atomic E-state index is 0.00455. The number of aromatic nitrogens is 1. The van der Waals surface area contributed by atoms with Crippen molar-refractivity contribution in [2.75, 3.05) is 5.32 Å². The van der Waals surface area contributed by atoms with Crippen LogP contribution >= 0.6 is 0 Å². The lowest BCUT2D eigenvalue weighted by atomic mass is 10.1. The van der Waals surface area contributed by atoms with Gasteiger partial charge < -0.3 is 14.6 Å². The Hall–Kier alpha value is -4.01. The van der Waals surface area contributed by atoms with Crippen molar-refractivity contribution in [2.24, 2.45) is 0 Å². The van der Waals surface area contributed by atoms with Crippen LogP contribution in [0.5, 0.6) is 0 Å². The van der Waals surface area contributed by atoms with E-state index in [0.717, 1.165) is 0 Å². The molecule has 0 spiro atoms. The average molecular weight is 409 g/mol. The average Bonchev–Trinajstić information content (AvgIpc) is 3.06. The Morgan fingerprint density at radius 2 is 1.83 bits per heavy atom. The number of hydrogen-bond acceptors (Lipinski definition) is 7. The maximum atomic E-state index is 13.0. The summed E-state index contributed by atoms with van der Waals surface area (Å²) in [6, 6.07) is 12.8. The quantitative estimate of drug-likeness (QED) is 0.370. The standard InChI is InChI=1S/C21H19N3O6/c1-12-9-10-16(17(11-12)24(27)28)22-20(25)19(15-7-5-4-6-8-15)29-21(26)18-13(2)23-30-14(18)3/h4-11,19H,1-3H3,(H,22,25)/t19-/m0/s1. The molecule has 3 rings (SSSR count). The van der Waals surface area contributed by atoms with Gasteiger partial charge in [0, 0.05) is 11.6 Å². The molecule has 0 aliphatic heterocycles. The van der Waals surface area contributed by atoms with Crippen LogP contribution < -0.4 is 5.32 Å². The zero-order valence-electron chi connectivity index (χ0n) is 16.5. The highest BCUT2D eigenvalue weighted by Gasteiger charge is 2.30. The van der Waals surface area contributed by atoms with Crippen LogP contribution in [0.25, 0.3) is 0 Å². The van der Waals surface area contributed by atoms with Crippen LogP contribution in [0.4, 0.5) is 11.4 Å². The number of amides is 1. The zero-order valence-corrected chi connectivity index (χ0v) is 16.5. The predicted molar refractivity (Wildman–Crippen MR) is 107 cm³/mol. The molecule has 1 N–H and O–H groups in total. The maximum absolute atomic E-state index is 13.0. The number of carbonyl (C=O) groups excluding carboxylic acids is 2. The fourth-order valence-corrected chi connectivity index (χ4v) is 2.94. The number of ether oxygens (including phenoxy) is 1. The second-order valence-electron chi connectivity index (χ2n) is 6.66. The molecule has 3 aromatic rings. The van der Waals surface area contributed by atoms with Crippen LogP contribution in [0, 0.1) is 30.9 Å². The molecule has 9 nitrogen and oxygen atoms in total. The van der Waals surface area contributed by atoms with E-state index in [1.807, 2.05) is 0 Å². The van der Waals surface area contributed by atoms with Crippen molar-refractivity contribution in [3.8, 4) is 0 Å². The van der Waals surface area contributed by atoms with Crippen LogP contribution in [-0.4, -0.2) is 22.0 Å². The number of benzene rings is 2. The van der Waals surface area contributed by atoms with E-state index >= 15 is 0 Å². The number of nitrogens with one attached hydrogen (secondary N) is 1. The van der Waals surface area contributed by atoms with Crippen molar-refractivity contribution < 1.29 is 23.8 Å². The number of aryl methyl sites for hydroxylation is 3. The number of esters is 1. The van der Waals surface area contributed by atoms with Crippen molar-refractivity contribution in [3.05, 3.63) is 86.8 Å². The van der Waals surface area contributed by atoms with Gasteiger partial charge in [-0.15, -0.1) is 0 Å². The molecule has 1 aromatic heterocycles. The van der Waals surface area contributed by atoms with E-state index in [9.17, 15) is 19.7 Å². The van der Waals surface area contributed by atoms with Gasteiger partial charge in [-0.2, -0.15) is 0 Å².